The zero-order valence-corrected chi connectivity index (χ0v) is 38.2. The molecule has 11 aromatic carbocycles. The van der Waals surface area contributed by atoms with Crippen LogP contribution in [0.4, 0.5) is 0 Å². The second kappa shape index (κ2) is 15.4. The van der Waals surface area contributed by atoms with Gasteiger partial charge in [0.15, 0.2) is 23.1 Å². The molecule has 0 N–H and O–H groups in total. The lowest BCUT2D eigenvalue weighted by Gasteiger charge is -2.11. The largest absolute Gasteiger partial charge is 0.454 e. The number of nitrogens with zero attached hydrogens (tertiary/aromatic N) is 5. The molecule has 330 valence electrons. The zero-order chi connectivity index (χ0) is 46.6. The van der Waals surface area contributed by atoms with Crippen molar-refractivity contribution < 1.29 is 4.42 Å². The molecule has 0 atom stereocenters. The average molecular weight is 906 g/mol. The summed E-state index contributed by atoms with van der Waals surface area (Å²) in [5, 5.41) is 11.4. The van der Waals surface area contributed by atoms with Gasteiger partial charge in [0, 0.05) is 54.7 Å². The monoisotopic (exact) mass is 905 g/mol. The fourth-order valence-corrected chi connectivity index (χ4v) is 11.0. The number of fused-ring (bicyclic) bond motifs is 12. The summed E-state index contributed by atoms with van der Waals surface area (Å²) in [6.07, 6.45) is 0. The molecule has 71 heavy (non-hydrogen) atoms. The van der Waals surface area contributed by atoms with Crippen molar-refractivity contribution in [3.8, 4) is 56.7 Å². The third kappa shape index (κ3) is 6.18. The highest BCUT2D eigenvalue weighted by Crippen LogP contribution is 2.42. The SMILES string of the molecule is c1ccc(-c2cccc(-c3nc(-c4ccc5ccc6oc7c(-n8c9ccccc9c9cc%10ccccc%10cc98)cccc7c6c5c4)nc(-c4ccc5c(c4)c4ccccc4n5-c4ccccc4)n3)c2)cc1. The van der Waals surface area contributed by atoms with Crippen molar-refractivity contribution in [3.63, 3.8) is 0 Å². The Morgan fingerprint density at radius 2 is 0.831 bits per heavy atom. The minimum absolute atomic E-state index is 0.590. The maximum atomic E-state index is 6.98. The first kappa shape index (κ1) is 39.4. The van der Waals surface area contributed by atoms with E-state index < -0.39 is 0 Å². The summed E-state index contributed by atoms with van der Waals surface area (Å²) in [6, 6.07) is 83.8. The fourth-order valence-electron chi connectivity index (χ4n) is 11.0. The quantitative estimate of drug-likeness (QED) is 0.167. The maximum Gasteiger partial charge on any atom is 0.164 e. The van der Waals surface area contributed by atoms with Crippen molar-refractivity contribution in [2.24, 2.45) is 0 Å². The molecule has 15 aromatic rings. The molecule has 6 nitrogen and oxygen atoms in total. The fraction of sp³-hybridized carbons (Fsp3) is 0. The predicted octanol–water partition coefficient (Wildman–Crippen LogP) is 16.9. The molecular weight excluding hydrogens is 867 g/mol. The van der Waals surface area contributed by atoms with Gasteiger partial charge in [0.25, 0.3) is 0 Å². The molecule has 15 rings (SSSR count). The Balaban J connectivity index is 0.933. The second-order valence-electron chi connectivity index (χ2n) is 18.4. The first-order valence-electron chi connectivity index (χ1n) is 24.0. The number of para-hydroxylation sites is 4. The van der Waals surface area contributed by atoms with Crippen molar-refractivity contribution in [2.45, 2.75) is 0 Å². The summed E-state index contributed by atoms with van der Waals surface area (Å²) in [4.78, 5) is 15.9. The number of hydrogen-bond donors (Lipinski definition) is 0. The molecule has 0 radical (unpaired) electrons. The number of aromatic nitrogens is 5. The van der Waals surface area contributed by atoms with Crippen LogP contribution >= 0.6 is 0 Å². The lowest BCUT2D eigenvalue weighted by molar-refractivity contribution is 0.666. The van der Waals surface area contributed by atoms with Crippen LogP contribution in [0, 0.1) is 0 Å². The minimum atomic E-state index is 0.590. The molecule has 0 aliphatic heterocycles. The van der Waals surface area contributed by atoms with Gasteiger partial charge < -0.3 is 13.6 Å². The average Bonchev–Trinajstić information content (AvgIpc) is 4.10. The Hall–Kier alpha value is -9.65. The molecule has 0 saturated carbocycles. The van der Waals surface area contributed by atoms with E-state index in [1.165, 1.54) is 26.9 Å². The summed E-state index contributed by atoms with van der Waals surface area (Å²) in [7, 11) is 0. The molecule has 0 bridgehead atoms. The molecule has 4 aromatic heterocycles. The van der Waals surface area contributed by atoms with Crippen molar-refractivity contribution in [1.82, 2.24) is 24.1 Å². The van der Waals surface area contributed by atoms with Crippen LogP contribution in [0.15, 0.2) is 241 Å². The van der Waals surface area contributed by atoms with Crippen LogP contribution in [0.3, 0.4) is 0 Å². The molecular formula is C65H39N5O. The predicted molar refractivity (Wildman–Crippen MR) is 293 cm³/mol. The van der Waals surface area contributed by atoms with Crippen LogP contribution in [0.5, 0.6) is 0 Å². The van der Waals surface area contributed by atoms with E-state index in [9.17, 15) is 0 Å². The molecule has 0 fully saturated rings. The van der Waals surface area contributed by atoms with Crippen molar-refractivity contribution >= 4 is 87.1 Å². The van der Waals surface area contributed by atoms with Gasteiger partial charge in [-0.3, -0.25) is 0 Å². The van der Waals surface area contributed by atoms with Gasteiger partial charge in [-0.2, -0.15) is 0 Å². The van der Waals surface area contributed by atoms with Crippen LogP contribution < -0.4 is 0 Å². The molecule has 0 aliphatic carbocycles. The zero-order valence-electron chi connectivity index (χ0n) is 38.2. The summed E-state index contributed by atoms with van der Waals surface area (Å²) >= 11 is 0. The Labute approximate surface area is 407 Å². The molecule has 4 heterocycles. The smallest absolute Gasteiger partial charge is 0.164 e. The third-order valence-electron chi connectivity index (χ3n) is 14.3. The van der Waals surface area contributed by atoms with Gasteiger partial charge in [-0.05, 0) is 112 Å². The summed E-state index contributed by atoms with van der Waals surface area (Å²) < 4.78 is 11.7. The molecule has 0 saturated heterocycles. The Morgan fingerprint density at radius 3 is 1.59 bits per heavy atom. The van der Waals surface area contributed by atoms with E-state index in [4.69, 9.17) is 19.4 Å². The van der Waals surface area contributed by atoms with Gasteiger partial charge in [-0.15, -0.1) is 0 Å². The molecule has 6 heteroatoms. The summed E-state index contributed by atoms with van der Waals surface area (Å²) in [5.41, 5.74) is 13.2. The lowest BCUT2D eigenvalue weighted by atomic mass is 10.0. The van der Waals surface area contributed by atoms with E-state index in [1.807, 2.05) is 6.07 Å². The van der Waals surface area contributed by atoms with Crippen LogP contribution in [0.1, 0.15) is 0 Å². The van der Waals surface area contributed by atoms with E-state index in [2.05, 4.69) is 240 Å². The van der Waals surface area contributed by atoms with Gasteiger partial charge in [0.1, 0.15) is 5.58 Å². The first-order chi connectivity index (χ1) is 35.2. The van der Waals surface area contributed by atoms with E-state index in [-0.39, 0.29) is 0 Å². The standard InChI is InChI=1S/C65H39N5O/c1-3-15-40(16-4-1)42-19-13-20-45(35-42)63-66-64(68-65(67-63)47-31-33-57-53(38-47)49-23-9-11-26-55(49)69(57)48-21-5-2-6-22-48)46-30-29-41-32-34-60-61(52(41)37-46)51-25-14-28-58(62(51)71-60)70-56-27-12-10-24-50(56)54-36-43-17-7-8-18-44(43)39-59(54)70/h1-39H. The normalized spacial score (nSPS) is 11.9. The first-order valence-corrected chi connectivity index (χ1v) is 24.0. The van der Waals surface area contributed by atoms with E-state index in [0.29, 0.717) is 17.5 Å². The van der Waals surface area contributed by atoms with Crippen LogP contribution in [0.2, 0.25) is 0 Å². The number of rotatable bonds is 6. The number of benzene rings is 11. The Kier molecular flexibility index (Phi) is 8.56. The minimum Gasteiger partial charge on any atom is -0.454 e. The Bertz CT molecular complexity index is 4640. The van der Waals surface area contributed by atoms with E-state index >= 15 is 0 Å². The number of hydrogen-bond acceptors (Lipinski definition) is 4. The number of furan rings is 1. The van der Waals surface area contributed by atoms with Crippen LogP contribution in [-0.2, 0) is 0 Å². The van der Waals surface area contributed by atoms with Crippen LogP contribution in [0.25, 0.3) is 144 Å². The van der Waals surface area contributed by atoms with Crippen molar-refractivity contribution in [2.75, 3.05) is 0 Å². The lowest BCUT2D eigenvalue weighted by Crippen LogP contribution is -2.00. The van der Waals surface area contributed by atoms with E-state index in [0.717, 1.165) is 99.4 Å². The highest BCUT2D eigenvalue weighted by atomic mass is 16.3. The Morgan fingerprint density at radius 1 is 0.296 bits per heavy atom. The molecule has 0 spiro atoms. The van der Waals surface area contributed by atoms with Crippen LogP contribution in [-0.4, -0.2) is 24.1 Å². The molecule has 0 amide bonds. The highest BCUT2D eigenvalue weighted by molar-refractivity contribution is 6.21. The summed E-state index contributed by atoms with van der Waals surface area (Å²) in [6.45, 7) is 0. The van der Waals surface area contributed by atoms with Gasteiger partial charge >= 0.3 is 0 Å². The maximum absolute atomic E-state index is 6.98. The second-order valence-corrected chi connectivity index (χ2v) is 18.4. The van der Waals surface area contributed by atoms with Gasteiger partial charge in [0.05, 0.1) is 27.8 Å². The molecule has 0 aliphatic rings. The van der Waals surface area contributed by atoms with Gasteiger partial charge in [0.2, 0.25) is 0 Å². The van der Waals surface area contributed by atoms with E-state index in [1.54, 1.807) is 0 Å². The van der Waals surface area contributed by atoms with Crippen molar-refractivity contribution in [1.29, 1.82) is 0 Å². The third-order valence-corrected chi connectivity index (χ3v) is 14.3. The van der Waals surface area contributed by atoms with Gasteiger partial charge in [-0.1, -0.05) is 158 Å². The molecule has 0 unspecified atom stereocenters. The highest BCUT2D eigenvalue weighted by Gasteiger charge is 2.21. The van der Waals surface area contributed by atoms with Gasteiger partial charge in [-0.25, -0.2) is 15.0 Å². The van der Waals surface area contributed by atoms with Crippen molar-refractivity contribution in [3.05, 3.63) is 237 Å². The topological polar surface area (TPSA) is 61.7 Å². The summed E-state index contributed by atoms with van der Waals surface area (Å²) in [5.74, 6) is 1.79.